The summed E-state index contributed by atoms with van der Waals surface area (Å²) in [7, 11) is -7.22. The van der Waals surface area contributed by atoms with Gasteiger partial charge in [-0.3, -0.25) is 9.09 Å². The van der Waals surface area contributed by atoms with Gasteiger partial charge >= 0.3 is 18.4 Å². The monoisotopic (exact) mass is 312 g/mol. The number of aryl methyl sites for hydroxylation is 1. The Morgan fingerprint density at radius 3 is 2.67 bits per heavy atom. The van der Waals surface area contributed by atoms with Gasteiger partial charge in [0.05, 0.1) is 0 Å². The Balaban J connectivity index is 3.01. The molecule has 1 atom stereocenters. The third-order valence-corrected chi connectivity index (χ3v) is 4.75. The van der Waals surface area contributed by atoms with E-state index < -0.39 is 25.2 Å². The molecule has 0 aliphatic heterocycles. The number of benzene rings is 1. The molecule has 9 heteroatoms. The molecule has 0 bridgehead atoms. The Kier molecular flexibility index (Phi) is 5.84. The van der Waals surface area contributed by atoms with Crippen molar-refractivity contribution in [1.29, 1.82) is 0 Å². The van der Waals surface area contributed by atoms with Crippen molar-refractivity contribution < 1.29 is 26.6 Å². The predicted octanol–water partition coefficient (Wildman–Crippen LogP) is 1.78. The van der Waals surface area contributed by atoms with Gasteiger partial charge in [-0.25, -0.2) is 4.18 Å². The standard InChI is InChI=1S/C9H13O6PS2/c1-7-4-3-5-8(17-2)9(7)18(12,13)15-6-14-16(10)11/h3-5,16H,6H2,1-2H3,(H,10,11). The van der Waals surface area contributed by atoms with Crippen LogP contribution in [-0.4, -0.2) is 26.4 Å². The summed E-state index contributed by atoms with van der Waals surface area (Å²) in [4.78, 5) is 9.02. The van der Waals surface area contributed by atoms with E-state index in [1.54, 1.807) is 31.4 Å². The van der Waals surface area contributed by atoms with Crippen LogP contribution in [0.5, 0.6) is 0 Å². The first-order valence-electron chi connectivity index (χ1n) is 4.77. The molecular formula is C9H13O6PS2. The normalized spacial score (nSPS) is 13.5. The molecule has 1 N–H and O–H groups in total. The molecule has 18 heavy (non-hydrogen) atoms. The molecule has 0 aromatic heterocycles. The second-order valence-electron chi connectivity index (χ2n) is 3.21. The maximum atomic E-state index is 11.9. The van der Waals surface area contributed by atoms with Crippen molar-refractivity contribution in [3.63, 3.8) is 0 Å². The van der Waals surface area contributed by atoms with E-state index in [1.165, 1.54) is 11.8 Å². The molecule has 0 aliphatic rings. The molecule has 102 valence electrons. The second-order valence-corrected chi connectivity index (χ2v) is 6.43. The fourth-order valence-electron chi connectivity index (χ4n) is 1.30. The van der Waals surface area contributed by atoms with Crippen molar-refractivity contribution in [2.45, 2.75) is 16.7 Å². The molecule has 6 nitrogen and oxygen atoms in total. The SMILES string of the molecule is CSc1cccc(C)c1S(=O)(=O)OCO[PH](=O)O. The third-order valence-electron chi connectivity index (χ3n) is 2.03. The molecule has 1 aromatic carbocycles. The lowest BCUT2D eigenvalue weighted by molar-refractivity contribution is 0.120. The van der Waals surface area contributed by atoms with Crippen molar-refractivity contribution >= 4 is 30.1 Å². The van der Waals surface area contributed by atoms with Crippen LogP contribution in [0.25, 0.3) is 0 Å². The van der Waals surface area contributed by atoms with E-state index in [1.807, 2.05) is 0 Å². The van der Waals surface area contributed by atoms with Gasteiger partial charge in [0.2, 0.25) is 0 Å². The van der Waals surface area contributed by atoms with Crippen molar-refractivity contribution in [1.82, 2.24) is 0 Å². The fraction of sp³-hybridized carbons (Fsp3) is 0.333. The Bertz CT molecular complexity index is 542. The van der Waals surface area contributed by atoms with Crippen molar-refractivity contribution in [3.05, 3.63) is 23.8 Å². The highest BCUT2D eigenvalue weighted by atomic mass is 32.2. The van der Waals surface area contributed by atoms with Crippen LogP contribution in [0.15, 0.2) is 28.0 Å². The number of rotatable bonds is 6. The molecule has 0 saturated heterocycles. The first-order chi connectivity index (χ1) is 8.38. The second kappa shape index (κ2) is 6.70. The Hall–Kier alpha value is -0.370. The molecule has 0 spiro atoms. The van der Waals surface area contributed by atoms with Gasteiger partial charge in [-0.1, -0.05) is 12.1 Å². The minimum Gasteiger partial charge on any atom is -0.326 e. The lowest BCUT2D eigenvalue weighted by Gasteiger charge is -2.11. The van der Waals surface area contributed by atoms with E-state index in [-0.39, 0.29) is 4.90 Å². The average molecular weight is 312 g/mol. The first kappa shape index (κ1) is 15.7. The molecule has 0 amide bonds. The number of hydrogen-bond acceptors (Lipinski definition) is 6. The zero-order valence-electron chi connectivity index (χ0n) is 9.74. The highest BCUT2D eigenvalue weighted by Crippen LogP contribution is 2.29. The van der Waals surface area contributed by atoms with Gasteiger partial charge in [0, 0.05) is 4.90 Å². The summed E-state index contributed by atoms with van der Waals surface area (Å²) >= 11 is 1.27. The minimum absolute atomic E-state index is 0.0544. The van der Waals surface area contributed by atoms with Gasteiger partial charge in [-0.2, -0.15) is 8.42 Å². The average Bonchev–Trinajstić information content (AvgIpc) is 2.27. The van der Waals surface area contributed by atoms with E-state index in [0.717, 1.165) is 0 Å². The summed E-state index contributed by atoms with van der Waals surface area (Å²) in [5, 5.41) is 0. The zero-order valence-corrected chi connectivity index (χ0v) is 12.4. The van der Waals surface area contributed by atoms with Crippen LogP contribution in [0.4, 0.5) is 0 Å². The molecule has 0 fully saturated rings. The van der Waals surface area contributed by atoms with Crippen molar-refractivity contribution in [2.24, 2.45) is 0 Å². The van der Waals surface area contributed by atoms with Gasteiger partial charge in [-0.15, -0.1) is 11.8 Å². The van der Waals surface area contributed by atoms with E-state index in [4.69, 9.17) is 4.89 Å². The number of thioether (sulfide) groups is 1. The summed E-state index contributed by atoms with van der Waals surface area (Å²) in [5.74, 6) is 0. The largest absolute Gasteiger partial charge is 0.326 e. The van der Waals surface area contributed by atoms with Crippen LogP contribution in [0, 0.1) is 6.92 Å². The van der Waals surface area contributed by atoms with Crippen molar-refractivity contribution in [2.75, 3.05) is 13.0 Å². The summed E-state index contributed by atoms with van der Waals surface area (Å²) < 4.78 is 42.9. The van der Waals surface area contributed by atoms with Crippen LogP contribution in [0.2, 0.25) is 0 Å². The highest BCUT2D eigenvalue weighted by Gasteiger charge is 2.22. The van der Waals surface area contributed by atoms with Crippen LogP contribution in [0.1, 0.15) is 5.56 Å². The van der Waals surface area contributed by atoms with Gasteiger partial charge in [0.1, 0.15) is 4.90 Å². The topological polar surface area (TPSA) is 89.9 Å². The van der Waals surface area contributed by atoms with E-state index in [9.17, 15) is 13.0 Å². The van der Waals surface area contributed by atoms with Gasteiger partial charge < -0.3 is 4.89 Å². The smallest absolute Gasteiger partial charge is 0.318 e. The maximum absolute atomic E-state index is 11.9. The summed E-state index contributed by atoms with van der Waals surface area (Å²) in [6.45, 7) is 0.866. The van der Waals surface area contributed by atoms with E-state index >= 15 is 0 Å². The van der Waals surface area contributed by atoms with Crippen LogP contribution in [0.3, 0.4) is 0 Å². The summed E-state index contributed by atoms with van der Waals surface area (Å²) in [5.41, 5.74) is 0.540. The first-order valence-corrected chi connectivity index (χ1v) is 8.67. The maximum Gasteiger partial charge on any atom is 0.318 e. The molecular weight excluding hydrogens is 299 g/mol. The lowest BCUT2D eigenvalue weighted by atomic mass is 10.2. The Labute approximate surface area is 110 Å². The molecule has 0 aliphatic carbocycles. The highest BCUT2D eigenvalue weighted by molar-refractivity contribution is 7.99. The minimum atomic E-state index is -4.01. The summed E-state index contributed by atoms with van der Waals surface area (Å²) in [6, 6.07) is 5.04. The van der Waals surface area contributed by atoms with Gasteiger partial charge in [0.25, 0.3) is 0 Å². The molecule has 1 rings (SSSR count). The van der Waals surface area contributed by atoms with Crippen LogP contribution < -0.4 is 0 Å². The zero-order chi connectivity index (χ0) is 13.8. The Morgan fingerprint density at radius 1 is 1.44 bits per heavy atom. The molecule has 1 unspecified atom stereocenters. The van der Waals surface area contributed by atoms with E-state index in [0.29, 0.717) is 10.5 Å². The summed E-state index contributed by atoms with van der Waals surface area (Å²) in [6.07, 6.45) is 1.75. The van der Waals surface area contributed by atoms with E-state index in [2.05, 4.69) is 8.71 Å². The van der Waals surface area contributed by atoms with Gasteiger partial charge in [-0.05, 0) is 24.8 Å². The molecule has 0 heterocycles. The molecule has 1 aromatic rings. The number of hydrogen-bond donors (Lipinski definition) is 1. The lowest BCUT2D eigenvalue weighted by Crippen LogP contribution is -2.10. The Morgan fingerprint density at radius 2 is 2.11 bits per heavy atom. The van der Waals surface area contributed by atoms with Crippen LogP contribution in [-0.2, 0) is 23.4 Å². The molecule has 0 radical (unpaired) electrons. The van der Waals surface area contributed by atoms with Crippen LogP contribution >= 0.6 is 20.0 Å². The third kappa shape index (κ3) is 4.08. The van der Waals surface area contributed by atoms with Crippen molar-refractivity contribution in [3.8, 4) is 0 Å². The predicted molar refractivity (Wildman–Crippen MR) is 68.4 cm³/mol. The fourth-order valence-corrected chi connectivity index (χ4v) is 3.74. The van der Waals surface area contributed by atoms with Gasteiger partial charge in [0.15, 0.2) is 6.79 Å². The quantitative estimate of drug-likeness (QED) is 0.370. The molecule has 0 saturated carbocycles.